The lowest BCUT2D eigenvalue weighted by Crippen LogP contribution is -2.09. The fourth-order valence-electron chi connectivity index (χ4n) is 2.00. The van der Waals surface area contributed by atoms with E-state index in [-0.39, 0.29) is 5.69 Å². The smallest absolute Gasteiger partial charge is 0.270 e. The number of nitrogens with one attached hydrogen (secondary N) is 1. The number of rotatable bonds is 6. The summed E-state index contributed by atoms with van der Waals surface area (Å²) in [4.78, 5) is 22.3. The molecule has 7 nitrogen and oxygen atoms in total. The zero-order valence-electron chi connectivity index (χ0n) is 13.2. The molecule has 2 aromatic rings. The minimum Gasteiger partial charge on any atom is -0.497 e. The quantitative estimate of drug-likeness (QED) is 0.499. The number of nitro benzene ring substituents is 1. The molecule has 0 heterocycles. The lowest BCUT2D eigenvalue weighted by Gasteiger charge is -2.10. The summed E-state index contributed by atoms with van der Waals surface area (Å²) in [6.07, 6.45) is 2.78. The molecule has 0 atom stereocenters. The van der Waals surface area contributed by atoms with Crippen LogP contribution < -0.4 is 14.8 Å². The molecule has 0 radical (unpaired) electrons. The Morgan fingerprint density at radius 1 is 1.17 bits per heavy atom. The molecule has 2 rings (SSSR count). The van der Waals surface area contributed by atoms with Crippen LogP contribution in [0.2, 0.25) is 0 Å². The molecule has 0 saturated carbocycles. The Bertz CT molecular complexity index is 786. The number of hydrogen-bond acceptors (Lipinski definition) is 5. The van der Waals surface area contributed by atoms with E-state index in [0.29, 0.717) is 22.7 Å². The molecule has 124 valence electrons. The van der Waals surface area contributed by atoms with Gasteiger partial charge in [0.05, 0.1) is 24.8 Å². The fourth-order valence-corrected chi connectivity index (χ4v) is 2.00. The number of hydrogen-bond donors (Lipinski definition) is 1. The third kappa shape index (κ3) is 4.33. The molecule has 1 amide bonds. The standard InChI is InChI=1S/C17H16N2O5/c1-23-14-7-8-16(24-2)15(11-14)18-17(20)9-6-12-4-3-5-13(10-12)19(21)22/h3-11H,1-2H3,(H,18,20)/b9-6-. The molecule has 0 aliphatic rings. The van der Waals surface area contributed by atoms with Crippen molar-refractivity contribution in [2.75, 3.05) is 19.5 Å². The predicted octanol–water partition coefficient (Wildman–Crippen LogP) is 3.26. The lowest BCUT2D eigenvalue weighted by molar-refractivity contribution is -0.384. The molecule has 24 heavy (non-hydrogen) atoms. The summed E-state index contributed by atoms with van der Waals surface area (Å²) in [5, 5.41) is 13.4. The van der Waals surface area contributed by atoms with E-state index in [4.69, 9.17) is 9.47 Å². The van der Waals surface area contributed by atoms with Crippen LogP contribution in [0.25, 0.3) is 6.08 Å². The number of ether oxygens (including phenoxy) is 2. The summed E-state index contributed by atoms with van der Waals surface area (Å²) < 4.78 is 10.3. The average molecular weight is 328 g/mol. The molecular formula is C17H16N2O5. The van der Waals surface area contributed by atoms with Gasteiger partial charge >= 0.3 is 0 Å². The maximum atomic E-state index is 12.0. The molecule has 0 aliphatic heterocycles. The first-order valence-corrected chi connectivity index (χ1v) is 6.99. The molecule has 0 unspecified atom stereocenters. The highest BCUT2D eigenvalue weighted by atomic mass is 16.6. The number of non-ortho nitro benzene ring substituents is 1. The van der Waals surface area contributed by atoms with Crippen molar-refractivity contribution >= 4 is 23.4 Å². The van der Waals surface area contributed by atoms with E-state index < -0.39 is 10.8 Å². The van der Waals surface area contributed by atoms with E-state index in [1.54, 1.807) is 30.3 Å². The number of nitrogens with zero attached hydrogens (tertiary/aromatic N) is 1. The van der Waals surface area contributed by atoms with Crippen molar-refractivity contribution in [2.45, 2.75) is 0 Å². The maximum absolute atomic E-state index is 12.0. The van der Waals surface area contributed by atoms with Crippen LogP contribution in [0.5, 0.6) is 11.5 Å². The van der Waals surface area contributed by atoms with Crippen LogP contribution in [0, 0.1) is 10.1 Å². The van der Waals surface area contributed by atoms with Gasteiger partial charge in [-0.3, -0.25) is 14.9 Å². The van der Waals surface area contributed by atoms with Gasteiger partial charge in [-0.1, -0.05) is 12.1 Å². The Kier molecular flexibility index (Phi) is 5.51. The normalized spacial score (nSPS) is 10.4. The van der Waals surface area contributed by atoms with E-state index >= 15 is 0 Å². The highest BCUT2D eigenvalue weighted by molar-refractivity contribution is 6.02. The van der Waals surface area contributed by atoms with Gasteiger partial charge in [0, 0.05) is 24.3 Å². The van der Waals surface area contributed by atoms with Gasteiger partial charge in [-0.15, -0.1) is 0 Å². The van der Waals surface area contributed by atoms with Crippen molar-refractivity contribution < 1.29 is 19.2 Å². The van der Waals surface area contributed by atoms with Gasteiger partial charge in [0.15, 0.2) is 0 Å². The molecule has 0 bridgehead atoms. The van der Waals surface area contributed by atoms with Crippen LogP contribution in [0.4, 0.5) is 11.4 Å². The molecule has 0 aromatic heterocycles. The van der Waals surface area contributed by atoms with E-state index in [0.717, 1.165) is 0 Å². The number of methoxy groups -OCH3 is 2. The Labute approximate surface area is 138 Å². The number of amides is 1. The third-order valence-electron chi connectivity index (χ3n) is 3.17. The van der Waals surface area contributed by atoms with Crippen LogP contribution in [-0.4, -0.2) is 25.1 Å². The first-order chi connectivity index (χ1) is 11.5. The number of anilines is 1. The summed E-state index contributed by atoms with van der Waals surface area (Å²) in [5.41, 5.74) is 0.981. The van der Waals surface area contributed by atoms with Crippen molar-refractivity contribution in [1.82, 2.24) is 0 Å². The third-order valence-corrected chi connectivity index (χ3v) is 3.17. The van der Waals surface area contributed by atoms with Gasteiger partial charge in [-0.25, -0.2) is 0 Å². The van der Waals surface area contributed by atoms with Crippen molar-refractivity contribution in [2.24, 2.45) is 0 Å². The van der Waals surface area contributed by atoms with Crippen LogP contribution in [0.15, 0.2) is 48.5 Å². The molecule has 7 heteroatoms. The Hall–Kier alpha value is -3.35. The minimum atomic E-state index is -0.488. The molecule has 0 aliphatic carbocycles. The molecule has 1 N–H and O–H groups in total. The average Bonchev–Trinajstić information content (AvgIpc) is 2.60. The first-order valence-electron chi connectivity index (χ1n) is 6.99. The number of carbonyl (C=O) groups excluding carboxylic acids is 1. The van der Waals surface area contributed by atoms with Crippen molar-refractivity contribution in [1.29, 1.82) is 0 Å². The Morgan fingerprint density at radius 2 is 1.96 bits per heavy atom. The second-order valence-electron chi connectivity index (χ2n) is 4.74. The number of nitro groups is 1. The summed E-state index contributed by atoms with van der Waals surface area (Å²) >= 11 is 0. The molecule has 2 aromatic carbocycles. The molecular weight excluding hydrogens is 312 g/mol. The summed E-state index contributed by atoms with van der Waals surface area (Å²) in [6, 6.07) is 11.0. The zero-order valence-corrected chi connectivity index (χ0v) is 13.2. The van der Waals surface area contributed by atoms with E-state index in [1.807, 2.05) is 0 Å². The first kappa shape index (κ1) is 17.0. The minimum absolute atomic E-state index is 0.0352. The Balaban J connectivity index is 2.13. The highest BCUT2D eigenvalue weighted by Gasteiger charge is 2.08. The van der Waals surface area contributed by atoms with Crippen molar-refractivity contribution in [3.8, 4) is 11.5 Å². The largest absolute Gasteiger partial charge is 0.497 e. The van der Waals surface area contributed by atoms with Crippen LogP contribution >= 0.6 is 0 Å². The second kappa shape index (κ2) is 7.77. The molecule has 0 spiro atoms. The monoisotopic (exact) mass is 328 g/mol. The number of benzene rings is 2. The van der Waals surface area contributed by atoms with Crippen molar-refractivity contribution in [3.05, 3.63) is 64.2 Å². The Morgan fingerprint density at radius 3 is 2.62 bits per heavy atom. The van der Waals surface area contributed by atoms with Crippen LogP contribution in [0.1, 0.15) is 5.56 Å². The van der Waals surface area contributed by atoms with E-state index in [1.165, 1.54) is 38.5 Å². The highest BCUT2D eigenvalue weighted by Crippen LogP contribution is 2.28. The topological polar surface area (TPSA) is 90.7 Å². The summed E-state index contributed by atoms with van der Waals surface area (Å²) in [6.45, 7) is 0. The van der Waals surface area contributed by atoms with Gasteiger partial charge in [0.1, 0.15) is 11.5 Å². The lowest BCUT2D eigenvalue weighted by atomic mass is 10.2. The predicted molar refractivity (Wildman–Crippen MR) is 90.3 cm³/mol. The number of carbonyl (C=O) groups is 1. The van der Waals surface area contributed by atoms with Crippen LogP contribution in [-0.2, 0) is 4.79 Å². The maximum Gasteiger partial charge on any atom is 0.270 e. The van der Waals surface area contributed by atoms with Gasteiger partial charge in [0.25, 0.3) is 5.69 Å². The van der Waals surface area contributed by atoms with Gasteiger partial charge in [-0.05, 0) is 23.8 Å². The van der Waals surface area contributed by atoms with Crippen molar-refractivity contribution in [3.63, 3.8) is 0 Å². The second-order valence-corrected chi connectivity index (χ2v) is 4.74. The summed E-state index contributed by atoms with van der Waals surface area (Å²) in [7, 11) is 3.02. The SMILES string of the molecule is COc1ccc(OC)c(NC(=O)/C=C\c2cccc([N+](=O)[O-])c2)c1. The summed E-state index contributed by atoms with van der Waals surface area (Å²) in [5.74, 6) is 0.676. The van der Waals surface area contributed by atoms with Gasteiger partial charge < -0.3 is 14.8 Å². The molecule has 0 fully saturated rings. The van der Waals surface area contributed by atoms with Gasteiger partial charge in [0.2, 0.25) is 5.91 Å². The fraction of sp³-hybridized carbons (Fsp3) is 0.118. The zero-order chi connectivity index (χ0) is 17.5. The van der Waals surface area contributed by atoms with E-state index in [9.17, 15) is 14.9 Å². The van der Waals surface area contributed by atoms with Crippen LogP contribution in [0.3, 0.4) is 0 Å². The molecule has 0 saturated heterocycles. The van der Waals surface area contributed by atoms with E-state index in [2.05, 4.69) is 5.32 Å². The van der Waals surface area contributed by atoms with Gasteiger partial charge in [-0.2, -0.15) is 0 Å².